The molecule has 0 bridgehead atoms. The van der Waals surface area contributed by atoms with Crippen molar-refractivity contribution in [3.05, 3.63) is 59.9 Å². The Balaban J connectivity index is 1.76. The van der Waals surface area contributed by atoms with Gasteiger partial charge in [-0.1, -0.05) is 12.1 Å². The van der Waals surface area contributed by atoms with Gasteiger partial charge in [-0.25, -0.2) is 4.39 Å². The van der Waals surface area contributed by atoms with Crippen LogP contribution in [0.4, 0.5) is 4.39 Å². The molecule has 5 heteroatoms. The number of halogens is 1. The monoisotopic (exact) mass is 289 g/mol. The van der Waals surface area contributed by atoms with Crippen LogP contribution in [0.15, 0.2) is 48.5 Å². The van der Waals surface area contributed by atoms with E-state index >= 15 is 0 Å². The highest BCUT2D eigenvalue weighted by molar-refractivity contribution is 5.77. The highest BCUT2D eigenvalue weighted by atomic mass is 19.1. The SMILES string of the molecule is COc1ccc(OCC(=O)NCc2cccc(F)c2)cc1. The van der Waals surface area contributed by atoms with E-state index in [1.807, 2.05) is 0 Å². The van der Waals surface area contributed by atoms with Crippen molar-refractivity contribution >= 4 is 5.91 Å². The second-order valence-electron chi connectivity index (χ2n) is 4.37. The summed E-state index contributed by atoms with van der Waals surface area (Å²) in [7, 11) is 1.58. The first kappa shape index (κ1) is 14.8. The Morgan fingerprint density at radius 3 is 2.52 bits per heavy atom. The Kier molecular flexibility index (Phi) is 5.15. The van der Waals surface area contributed by atoms with E-state index in [2.05, 4.69) is 5.32 Å². The summed E-state index contributed by atoms with van der Waals surface area (Å²) < 4.78 is 23.3. The van der Waals surface area contributed by atoms with E-state index in [0.717, 1.165) is 5.75 Å². The van der Waals surface area contributed by atoms with Crippen LogP contribution < -0.4 is 14.8 Å². The molecular formula is C16H16FNO3. The summed E-state index contributed by atoms with van der Waals surface area (Å²) in [5, 5.41) is 2.66. The molecule has 0 fully saturated rings. The van der Waals surface area contributed by atoms with E-state index < -0.39 is 0 Å². The van der Waals surface area contributed by atoms with Gasteiger partial charge < -0.3 is 14.8 Å². The van der Waals surface area contributed by atoms with E-state index in [9.17, 15) is 9.18 Å². The summed E-state index contributed by atoms with van der Waals surface area (Å²) in [5.41, 5.74) is 0.702. The third-order valence-corrected chi connectivity index (χ3v) is 2.81. The van der Waals surface area contributed by atoms with E-state index in [1.165, 1.54) is 12.1 Å². The predicted molar refractivity (Wildman–Crippen MR) is 76.7 cm³/mol. The van der Waals surface area contributed by atoms with Gasteiger partial charge in [-0.05, 0) is 42.0 Å². The first-order chi connectivity index (χ1) is 10.2. The van der Waals surface area contributed by atoms with Gasteiger partial charge >= 0.3 is 0 Å². The van der Waals surface area contributed by atoms with Gasteiger partial charge in [0.2, 0.25) is 0 Å². The molecule has 1 amide bonds. The van der Waals surface area contributed by atoms with Gasteiger partial charge in [0.05, 0.1) is 7.11 Å². The van der Waals surface area contributed by atoms with E-state index in [4.69, 9.17) is 9.47 Å². The number of carbonyl (C=O) groups excluding carboxylic acids is 1. The van der Waals surface area contributed by atoms with E-state index in [-0.39, 0.29) is 24.9 Å². The molecule has 0 saturated carbocycles. The van der Waals surface area contributed by atoms with E-state index in [0.29, 0.717) is 11.3 Å². The molecule has 1 N–H and O–H groups in total. The summed E-state index contributed by atoms with van der Waals surface area (Å²) in [6, 6.07) is 13.0. The van der Waals surface area contributed by atoms with Gasteiger partial charge in [-0.15, -0.1) is 0 Å². The molecule has 2 aromatic carbocycles. The molecular weight excluding hydrogens is 273 g/mol. The molecule has 0 saturated heterocycles. The molecule has 0 radical (unpaired) electrons. The lowest BCUT2D eigenvalue weighted by Gasteiger charge is -2.08. The maximum absolute atomic E-state index is 13.0. The number of carbonyl (C=O) groups is 1. The van der Waals surface area contributed by atoms with Crippen LogP contribution in [0.3, 0.4) is 0 Å². The van der Waals surface area contributed by atoms with Crippen LogP contribution in [0.5, 0.6) is 11.5 Å². The Morgan fingerprint density at radius 1 is 1.14 bits per heavy atom. The summed E-state index contributed by atoms with van der Waals surface area (Å²) in [5.74, 6) is 0.709. The fourth-order valence-corrected chi connectivity index (χ4v) is 1.72. The molecule has 21 heavy (non-hydrogen) atoms. The Labute approximate surface area is 122 Å². The van der Waals surface area contributed by atoms with Gasteiger partial charge in [-0.3, -0.25) is 4.79 Å². The average Bonchev–Trinajstić information content (AvgIpc) is 2.51. The molecule has 0 heterocycles. The zero-order valence-corrected chi connectivity index (χ0v) is 11.6. The fraction of sp³-hybridized carbons (Fsp3) is 0.188. The zero-order chi connectivity index (χ0) is 15.1. The van der Waals surface area contributed by atoms with Crippen molar-refractivity contribution in [2.24, 2.45) is 0 Å². The van der Waals surface area contributed by atoms with Crippen molar-refractivity contribution < 1.29 is 18.7 Å². The minimum absolute atomic E-state index is 0.0956. The Bertz CT molecular complexity index is 599. The van der Waals surface area contributed by atoms with Crippen LogP contribution in [0.1, 0.15) is 5.56 Å². The van der Waals surface area contributed by atoms with Crippen LogP contribution in [0, 0.1) is 5.82 Å². The number of ether oxygens (including phenoxy) is 2. The Morgan fingerprint density at radius 2 is 1.86 bits per heavy atom. The van der Waals surface area contributed by atoms with Gasteiger partial charge in [0.1, 0.15) is 17.3 Å². The van der Waals surface area contributed by atoms with Crippen molar-refractivity contribution in [3.8, 4) is 11.5 Å². The summed E-state index contributed by atoms with van der Waals surface area (Å²) in [4.78, 5) is 11.6. The summed E-state index contributed by atoms with van der Waals surface area (Å²) >= 11 is 0. The first-order valence-electron chi connectivity index (χ1n) is 6.45. The number of rotatable bonds is 6. The molecule has 0 spiro atoms. The average molecular weight is 289 g/mol. The third-order valence-electron chi connectivity index (χ3n) is 2.81. The smallest absolute Gasteiger partial charge is 0.258 e. The maximum atomic E-state index is 13.0. The first-order valence-corrected chi connectivity index (χ1v) is 6.45. The van der Waals surface area contributed by atoms with Crippen LogP contribution >= 0.6 is 0 Å². The highest BCUT2D eigenvalue weighted by Gasteiger charge is 2.03. The van der Waals surface area contributed by atoms with Crippen molar-refractivity contribution in [2.45, 2.75) is 6.54 Å². The van der Waals surface area contributed by atoms with Crippen LogP contribution in [-0.2, 0) is 11.3 Å². The van der Waals surface area contributed by atoms with Gasteiger partial charge in [-0.2, -0.15) is 0 Å². The molecule has 4 nitrogen and oxygen atoms in total. The van der Waals surface area contributed by atoms with Crippen molar-refractivity contribution in [1.82, 2.24) is 5.32 Å². The normalized spacial score (nSPS) is 10.0. The number of amides is 1. The van der Waals surface area contributed by atoms with Crippen LogP contribution in [0.2, 0.25) is 0 Å². The van der Waals surface area contributed by atoms with Gasteiger partial charge in [0.15, 0.2) is 6.61 Å². The number of methoxy groups -OCH3 is 1. The summed E-state index contributed by atoms with van der Waals surface area (Å²) in [6.45, 7) is 0.171. The van der Waals surface area contributed by atoms with Crippen molar-refractivity contribution in [1.29, 1.82) is 0 Å². The van der Waals surface area contributed by atoms with E-state index in [1.54, 1.807) is 43.5 Å². The van der Waals surface area contributed by atoms with Crippen LogP contribution in [-0.4, -0.2) is 19.6 Å². The standard InChI is InChI=1S/C16H16FNO3/c1-20-14-5-7-15(8-6-14)21-11-16(19)18-10-12-3-2-4-13(17)9-12/h2-9H,10-11H2,1H3,(H,18,19). The predicted octanol–water partition coefficient (Wildman–Crippen LogP) is 2.53. The number of benzene rings is 2. The largest absolute Gasteiger partial charge is 0.497 e. The molecule has 0 aliphatic heterocycles. The molecule has 2 rings (SSSR count). The quantitative estimate of drug-likeness (QED) is 0.889. The molecule has 2 aromatic rings. The minimum atomic E-state index is -0.323. The Hall–Kier alpha value is -2.56. The number of hydrogen-bond acceptors (Lipinski definition) is 3. The zero-order valence-electron chi connectivity index (χ0n) is 11.6. The van der Waals surface area contributed by atoms with Gasteiger partial charge in [0.25, 0.3) is 5.91 Å². The number of hydrogen-bond donors (Lipinski definition) is 1. The fourth-order valence-electron chi connectivity index (χ4n) is 1.72. The second kappa shape index (κ2) is 7.28. The molecule has 110 valence electrons. The van der Waals surface area contributed by atoms with Crippen molar-refractivity contribution in [2.75, 3.05) is 13.7 Å². The lowest BCUT2D eigenvalue weighted by molar-refractivity contribution is -0.123. The molecule has 0 atom stereocenters. The third kappa shape index (κ3) is 4.80. The van der Waals surface area contributed by atoms with Crippen LogP contribution in [0.25, 0.3) is 0 Å². The van der Waals surface area contributed by atoms with Gasteiger partial charge in [0, 0.05) is 6.54 Å². The molecule has 0 aliphatic rings. The molecule has 0 unspecified atom stereocenters. The second-order valence-corrected chi connectivity index (χ2v) is 4.37. The highest BCUT2D eigenvalue weighted by Crippen LogP contribution is 2.16. The topological polar surface area (TPSA) is 47.6 Å². The lowest BCUT2D eigenvalue weighted by atomic mass is 10.2. The maximum Gasteiger partial charge on any atom is 0.258 e. The summed E-state index contributed by atoms with van der Waals surface area (Å²) in [6.07, 6.45) is 0. The number of nitrogens with one attached hydrogen (secondary N) is 1. The molecule has 0 aliphatic carbocycles. The minimum Gasteiger partial charge on any atom is -0.497 e. The lowest BCUT2D eigenvalue weighted by Crippen LogP contribution is -2.28. The molecule has 0 aromatic heterocycles. The van der Waals surface area contributed by atoms with Crippen molar-refractivity contribution in [3.63, 3.8) is 0 Å².